The molecular weight excluding hydrogens is 367 g/mol. The Kier molecular flexibility index (Phi) is 5.05. The van der Waals surface area contributed by atoms with E-state index in [4.69, 9.17) is 4.74 Å². The van der Waals surface area contributed by atoms with Crippen LogP contribution in [0.25, 0.3) is 0 Å². The quantitative estimate of drug-likeness (QED) is 0.612. The third-order valence-corrected chi connectivity index (χ3v) is 4.76. The molecule has 0 radical (unpaired) electrons. The van der Waals surface area contributed by atoms with E-state index in [-0.39, 0.29) is 6.10 Å². The maximum Gasteiger partial charge on any atom is 0.251 e. The second kappa shape index (κ2) is 7.64. The fourth-order valence-corrected chi connectivity index (χ4v) is 3.23. The molecule has 0 amide bonds. The normalized spacial score (nSPS) is 16.0. The summed E-state index contributed by atoms with van der Waals surface area (Å²) in [4.78, 5) is 12.6. The van der Waals surface area contributed by atoms with Crippen molar-refractivity contribution in [1.82, 2.24) is 4.57 Å². The molecule has 0 bridgehead atoms. The van der Waals surface area contributed by atoms with Gasteiger partial charge in [-0.25, -0.2) is 13.2 Å². The van der Waals surface area contributed by atoms with Crippen LogP contribution >= 0.6 is 0 Å². The number of ether oxygens (including phenoxy) is 1. The molecule has 4 rings (SSSR count). The summed E-state index contributed by atoms with van der Waals surface area (Å²) in [6.07, 6.45) is 2.22. The molecule has 1 saturated carbocycles. The van der Waals surface area contributed by atoms with Crippen LogP contribution in [0.15, 0.2) is 71.7 Å². The fourth-order valence-electron chi connectivity index (χ4n) is 3.23. The van der Waals surface area contributed by atoms with Gasteiger partial charge < -0.3 is 9.30 Å². The Balaban J connectivity index is 1.87. The first-order chi connectivity index (χ1) is 13.5. The van der Waals surface area contributed by atoms with Crippen molar-refractivity contribution in [3.05, 3.63) is 106 Å². The fraction of sp³-hybridized carbons (Fsp3) is 0.227. The van der Waals surface area contributed by atoms with Gasteiger partial charge in [-0.1, -0.05) is 24.3 Å². The first-order valence-corrected chi connectivity index (χ1v) is 9.05. The highest BCUT2D eigenvalue weighted by Gasteiger charge is 2.34. The van der Waals surface area contributed by atoms with Crippen molar-refractivity contribution in [1.29, 1.82) is 0 Å². The maximum absolute atomic E-state index is 14.0. The van der Waals surface area contributed by atoms with E-state index in [0.29, 0.717) is 11.1 Å². The van der Waals surface area contributed by atoms with E-state index in [1.165, 1.54) is 28.8 Å². The minimum absolute atomic E-state index is 0.0160. The average Bonchev–Trinajstić information content (AvgIpc) is 3.50. The van der Waals surface area contributed by atoms with Crippen molar-refractivity contribution in [3.8, 4) is 0 Å². The molecule has 6 heteroatoms. The summed E-state index contributed by atoms with van der Waals surface area (Å²) in [6.45, 7) is 0. The van der Waals surface area contributed by atoms with Crippen molar-refractivity contribution >= 4 is 0 Å². The highest BCUT2D eigenvalue weighted by molar-refractivity contribution is 5.28. The van der Waals surface area contributed by atoms with Crippen LogP contribution in [0, 0.1) is 17.5 Å². The SMILES string of the molecule is O=c1ccc(F)cn1C(c1ccc(F)cc1)C(OC1CC1)c1ccc(F)cc1. The third-order valence-electron chi connectivity index (χ3n) is 4.76. The van der Waals surface area contributed by atoms with E-state index >= 15 is 0 Å². The van der Waals surface area contributed by atoms with Crippen LogP contribution in [0.4, 0.5) is 13.2 Å². The second-order valence-electron chi connectivity index (χ2n) is 6.90. The van der Waals surface area contributed by atoms with E-state index in [0.717, 1.165) is 31.2 Å². The molecule has 1 aliphatic carbocycles. The van der Waals surface area contributed by atoms with Crippen LogP contribution < -0.4 is 5.56 Å². The van der Waals surface area contributed by atoms with Gasteiger partial charge >= 0.3 is 0 Å². The Morgan fingerprint density at radius 3 is 1.89 bits per heavy atom. The monoisotopic (exact) mass is 385 g/mol. The lowest BCUT2D eigenvalue weighted by atomic mass is 9.95. The van der Waals surface area contributed by atoms with Gasteiger partial charge in [0.05, 0.1) is 12.1 Å². The average molecular weight is 385 g/mol. The Bertz CT molecular complexity index is 1010. The predicted octanol–water partition coefficient (Wildman–Crippen LogP) is 4.78. The molecule has 0 saturated heterocycles. The molecule has 1 heterocycles. The van der Waals surface area contributed by atoms with Gasteiger partial charge in [-0.2, -0.15) is 0 Å². The Morgan fingerprint density at radius 2 is 1.32 bits per heavy atom. The Morgan fingerprint density at radius 1 is 0.786 bits per heavy atom. The number of hydrogen-bond acceptors (Lipinski definition) is 2. The molecule has 2 atom stereocenters. The Labute approximate surface area is 160 Å². The van der Waals surface area contributed by atoms with Crippen LogP contribution in [0.2, 0.25) is 0 Å². The summed E-state index contributed by atoms with van der Waals surface area (Å²) in [6, 6.07) is 13.0. The molecule has 1 aliphatic rings. The lowest BCUT2D eigenvalue weighted by Gasteiger charge is -2.30. The maximum atomic E-state index is 14.0. The standard InChI is InChI=1S/C22H18F3NO2/c23-16-5-1-14(2-6-16)21(26-13-18(25)9-12-20(26)27)22(28-19-10-11-19)15-3-7-17(24)8-4-15/h1-9,12-13,19,21-22H,10-11H2. The van der Waals surface area contributed by atoms with Gasteiger partial charge in [-0.15, -0.1) is 0 Å². The van der Waals surface area contributed by atoms with Crippen molar-refractivity contribution in [2.45, 2.75) is 31.1 Å². The Hall–Kier alpha value is -2.86. The number of aromatic nitrogens is 1. The van der Waals surface area contributed by atoms with Crippen LogP contribution in [0.5, 0.6) is 0 Å². The summed E-state index contributed by atoms with van der Waals surface area (Å²) in [7, 11) is 0. The second-order valence-corrected chi connectivity index (χ2v) is 6.90. The van der Waals surface area contributed by atoms with Crippen LogP contribution in [-0.2, 0) is 4.74 Å². The lowest BCUT2D eigenvalue weighted by molar-refractivity contribution is 0.0121. The topological polar surface area (TPSA) is 31.2 Å². The van der Waals surface area contributed by atoms with Crippen LogP contribution in [0.1, 0.15) is 36.1 Å². The lowest BCUT2D eigenvalue weighted by Crippen LogP contribution is -2.30. The number of pyridine rings is 1. The van der Waals surface area contributed by atoms with Crippen molar-refractivity contribution in [2.75, 3.05) is 0 Å². The molecule has 144 valence electrons. The number of benzene rings is 2. The molecule has 1 fully saturated rings. The summed E-state index contributed by atoms with van der Waals surface area (Å²) in [5.74, 6) is -1.39. The van der Waals surface area contributed by atoms with E-state index < -0.39 is 35.2 Å². The molecule has 0 N–H and O–H groups in total. The predicted molar refractivity (Wildman–Crippen MR) is 98.4 cm³/mol. The zero-order chi connectivity index (χ0) is 19.7. The summed E-state index contributed by atoms with van der Waals surface area (Å²) in [5, 5.41) is 0. The van der Waals surface area contributed by atoms with Crippen LogP contribution in [0.3, 0.4) is 0 Å². The number of halogens is 3. The highest BCUT2D eigenvalue weighted by Crippen LogP contribution is 2.40. The molecular formula is C22H18F3NO2. The first kappa shape index (κ1) is 18.5. The van der Waals surface area contributed by atoms with E-state index in [1.807, 2.05) is 0 Å². The van der Waals surface area contributed by atoms with Gasteiger partial charge in [-0.3, -0.25) is 4.79 Å². The van der Waals surface area contributed by atoms with Gasteiger partial charge in [-0.05, 0) is 54.3 Å². The van der Waals surface area contributed by atoms with E-state index in [1.54, 1.807) is 24.3 Å². The van der Waals surface area contributed by atoms with Gasteiger partial charge in [0.25, 0.3) is 5.56 Å². The largest absolute Gasteiger partial charge is 0.368 e. The van der Waals surface area contributed by atoms with Crippen molar-refractivity contribution < 1.29 is 17.9 Å². The molecule has 28 heavy (non-hydrogen) atoms. The third kappa shape index (κ3) is 4.02. The van der Waals surface area contributed by atoms with Gasteiger partial charge in [0, 0.05) is 12.3 Å². The number of rotatable bonds is 6. The minimum Gasteiger partial charge on any atom is -0.368 e. The summed E-state index contributed by atoms with van der Waals surface area (Å²) < 4.78 is 48.3. The number of nitrogens with zero attached hydrogens (tertiary/aromatic N) is 1. The molecule has 2 aromatic carbocycles. The molecule has 2 unspecified atom stereocenters. The zero-order valence-electron chi connectivity index (χ0n) is 14.9. The molecule has 3 nitrogen and oxygen atoms in total. The summed E-state index contributed by atoms with van der Waals surface area (Å²) in [5.41, 5.74) is 0.824. The van der Waals surface area contributed by atoms with Crippen molar-refractivity contribution in [3.63, 3.8) is 0 Å². The molecule has 3 aromatic rings. The van der Waals surface area contributed by atoms with Gasteiger partial charge in [0.2, 0.25) is 0 Å². The van der Waals surface area contributed by atoms with Gasteiger partial charge in [0.1, 0.15) is 23.6 Å². The minimum atomic E-state index is -0.741. The molecule has 0 spiro atoms. The highest BCUT2D eigenvalue weighted by atomic mass is 19.1. The molecule has 0 aliphatic heterocycles. The first-order valence-electron chi connectivity index (χ1n) is 9.05. The van der Waals surface area contributed by atoms with E-state index in [2.05, 4.69) is 0 Å². The smallest absolute Gasteiger partial charge is 0.251 e. The number of hydrogen-bond donors (Lipinski definition) is 0. The van der Waals surface area contributed by atoms with E-state index in [9.17, 15) is 18.0 Å². The van der Waals surface area contributed by atoms with Crippen molar-refractivity contribution in [2.24, 2.45) is 0 Å². The zero-order valence-corrected chi connectivity index (χ0v) is 14.9. The van der Waals surface area contributed by atoms with Crippen LogP contribution in [-0.4, -0.2) is 10.7 Å². The van der Waals surface area contributed by atoms with Gasteiger partial charge in [0.15, 0.2) is 0 Å². The summed E-state index contributed by atoms with van der Waals surface area (Å²) >= 11 is 0. The molecule has 1 aromatic heterocycles.